The smallest absolute Gasteiger partial charge is 0.380 e. The van der Waals surface area contributed by atoms with Crippen LogP contribution in [0.3, 0.4) is 0 Å². The van der Waals surface area contributed by atoms with Gasteiger partial charge in [-0.1, -0.05) is 36.4 Å². The van der Waals surface area contributed by atoms with Gasteiger partial charge in [-0.2, -0.15) is 13.2 Å². The molecule has 2 rings (SSSR count). The fourth-order valence-corrected chi connectivity index (χ4v) is 2.07. The van der Waals surface area contributed by atoms with Gasteiger partial charge in [0.25, 0.3) is 0 Å². The molecule has 0 heterocycles. The van der Waals surface area contributed by atoms with Crippen LogP contribution in [0.4, 0.5) is 18.9 Å². The minimum atomic E-state index is -4.36. The van der Waals surface area contributed by atoms with E-state index >= 15 is 0 Å². The molecule has 0 amide bonds. The molecule has 0 bridgehead atoms. The van der Waals surface area contributed by atoms with Gasteiger partial charge in [-0.15, -0.1) is 11.6 Å². The number of benzene rings is 2. The monoisotopic (exact) mass is 299 g/mol. The minimum Gasteiger partial charge on any atom is -0.380 e. The molecule has 0 unspecified atom stereocenters. The van der Waals surface area contributed by atoms with E-state index in [1.54, 1.807) is 6.07 Å². The fraction of sp³-hybridized carbons (Fsp3) is 0.200. The maximum absolute atomic E-state index is 12.8. The SMILES string of the molecule is FC(F)(F)c1ccccc1NCc1cccc(CCl)c1. The van der Waals surface area contributed by atoms with Crippen LogP contribution >= 0.6 is 11.6 Å². The van der Waals surface area contributed by atoms with Gasteiger partial charge in [-0.05, 0) is 23.3 Å². The summed E-state index contributed by atoms with van der Waals surface area (Å²) in [6, 6.07) is 12.9. The van der Waals surface area contributed by atoms with E-state index in [0.29, 0.717) is 12.4 Å². The number of anilines is 1. The van der Waals surface area contributed by atoms with E-state index in [-0.39, 0.29) is 5.69 Å². The Bertz CT molecular complexity index is 581. The first-order valence-electron chi connectivity index (χ1n) is 6.04. The summed E-state index contributed by atoms with van der Waals surface area (Å²) in [5, 5.41) is 2.82. The van der Waals surface area contributed by atoms with Crippen LogP contribution in [0.1, 0.15) is 16.7 Å². The Morgan fingerprint density at radius 1 is 0.950 bits per heavy atom. The maximum atomic E-state index is 12.8. The number of hydrogen-bond acceptors (Lipinski definition) is 1. The van der Waals surface area contributed by atoms with Crippen molar-refractivity contribution in [2.75, 3.05) is 5.32 Å². The van der Waals surface area contributed by atoms with Crippen molar-refractivity contribution < 1.29 is 13.2 Å². The summed E-state index contributed by atoms with van der Waals surface area (Å²) in [5.74, 6) is 0.382. The Balaban J connectivity index is 2.15. The second-order valence-corrected chi connectivity index (χ2v) is 4.62. The van der Waals surface area contributed by atoms with Gasteiger partial charge in [-0.3, -0.25) is 0 Å². The second kappa shape index (κ2) is 6.18. The Hall–Kier alpha value is -1.68. The summed E-state index contributed by atoms with van der Waals surface area (Å²) < 4.78 is 38.5. The van der Waals surface area contributed by atoms with Gasteiger partial charge >= 0.3 is 6.18 Å². The van der Waals surface area contributed by atoms with Crippen molar-refractivity contribution in [3.05, 3.63) is 65.2 Å². The lowest BCUT2D eigenvalue weighted by Gasteiger charge is -2.14. The van der Waals surface area contributed by atoms with E-state index < -0.39 is 11.7 Å². The average molecular weight is 300 g/mol. The largest absolute Gasteiger partial charge is 0.418 e. The van der Waals surface area contributed by atoms with E-state index in [1.807, 2.05) is 24.3 Å². The molecule has 0 aliphatic rings. The molecule has 0 atom stereocenters. The number of hydrogen-bond donors (Lipinski definition) is 1. The van der Waals surface area contributed by atoms with Crippen molar-refractivity contribution in [1.29, 1.82) is 0 Å². The standard InChI is InChI=1S/C15H13ClF3N/c16-9-11-4-3-5-12(8-11)10-20-14-7-2-1-6-13(14)15(17,18)19/h1-8,20H,9-10H2. The molecule has 2 aromatic rings. The van der Waals surface area contributed by atoms with E-state index in [0.717, 1.165) is 17.2 Å². The summed E-state index contributed by atoms with van der Waals surface area (Å²) >= 11 is 5.73. The molecule has 0 radical (unpaired) electrons. The molecule has 20 heavy (non-hydrogen) atoms. The molecular formula is C15H13ClF3N. The van der Waals surface area contributed by atoms with Gasteiger partial charge in [0.1, 0.15) is 0 Å². The van der Waals surface area contributed by atoms with E-state index in [1.165, 1.54) is 12.1 Å². The summed E-state index contributed by atoms with van der Waals surface area (Å²) in [4.78, 5) is 0. The van der Waals surface area contributed by atoms with Crippen LogP contribution in [0.5, 0.6) is 0 Å². The van der Waals surface area contributed by atoms with Crippen molar-refractivity contribution in [1.82, 2.24) is 0 Å². The molecule has 0 spiro atoms. The number of para-hydroxylation sites is 1. The van der Waals surface area contributed by atoms with Gasteiger partial charge < -0.3 is 5.32 Å². The quantitative estimate of drug-likeness (QED) is 0.778. The van der Waals surface area contributed by atoms with Crippen LogP contribution in [-0.4, -0.2) is 0 Å². The molecule has 106 valence electrons. The fourth-order valence-electron chi connectivity index (χ4n) is 1.90. The number of rotatable bonds is 4. The molecule has 0 aromatic heterocycles. The van der Waals surface area contributed by atoms with Gasteiger partial charge in [-0.25, -0.2) is 0 Å². The van der Waals surface area contributed by atoms with Crippen molar-refractivity contribution >= 4 is 17.3 Å². The number of halogens is 4. The third-order valence-corrected chi connectivity index (χ3v) is 3.17. The molecule has 1 N–H and O–H groups in total. The Morgan fingerprint density at radius 2 is 1.65 bits per heavy atom. The molecule has 0 fully saturated rings. The molecule has 0 saturated heterocycles. The molecule has 5 heteroatoms. The summed E-state index contributed by atoms with van der Waals surface area (Å²) in [6.45, 7) is 0.317. The molecule has 0 aliphatic carbocycles. The van der Waals surface area contributed by atoms with Gasteiger partial charge in [0.2, 0.25) is 0 Å². The van der Waals surface area contributed by atoms with Crippen LogP contribution in [0.15, 0.2) is 48.5 Å². The summed E-state index contributed by atoms with van der Waals surface area (Å²) in [5.41, 5.74) is 1.25. The van der Waals surface area contributed by atoms with Gasteiger partial charge in [0.15, 0.2) is 0 Å². The molecular weight excluding hydrogens is 287 g/mol. The molecule has 2 aromatic carbocycles. The first-order chi connectivity index (χ1) is 9.50. The first kappa shape index (κ1) is 14.7. The van der Waals surface area contributed by atoms with Crippen LogP contribution in [-0.2, 0) is 18.6 Å². The van der Waals surface area contributed by atoms with Crippen LogP contribution in [0.25, 0.3) is 0 Å². The molecule has 0 saturated carbocycles. The lowest BCUT2D eigenvalue weighted by molar-refractivity contribution is -0.136. The van der Waals surface area contributed by atoms with E-state index in [4.69, 9.17) is 11.6 Å². The van der Waals surface area contributed by atoms with E-state index in [2.05, 4.69) is 5.32 Å². The van der Waals surface area contributed by atoms with Crippen molar-refractivity contribution in [2.24, 2.45) is 0 Å². The number of nitrogens with one attached hydrogen (secondary N) is 1. The van der Waals surface area contributed by atoms with Crippen molar-refractivity contribution in [3.8, 4) is 0 Å². The zero-order valence-electron chi connectivity index (χ0n) is 10.5. The van der Waals surface area contributed by atoms with Gasteiger partial charge in [0.05, 0.1) is 5.56 Å². The first-order valence-corrected chi connectivity index (χ1v) is 6.58. The summed E-state index contributed by atoms with van der Waals surface area (Å²) in [7, 11) is 0. The lowest BCUT2D eigenvalue weighted by atomic mass is 10.1. The third kappa shape index (κ3) is 3.67. The van der Waals surface area contributed by atoms with Crippen LogP contribution in [0.2, 0.25) is 0 Å². The van der Waals surface area contributed by atoms with Crippen LogP contribution in [0, 0.1) is 0 Å². The zero-order valence-corrected chi connectivity index (χ0v) is 11.3. The van der Waals surface area contributed by atoms with E-state index in [9.17, 15) is 13.2 Å². The zero-order chi connectivity index (χ0) is 14.6. The van der Waals surface area contributed by atoms with Crippen LogP contribution < -0.4 is 5.32 Å². The maximum Gasteiger partial charge on any atom is 0.418 e. The highest BCUT2D eigenvalue weighted by Crippen LogP contribution is 2.34. The van der Waals surface area contributed by atoms with Crippen molar-refractivity contribution in [3.63, 3.8) is 0 Å². The average Bonchev–Trinajstić information content (AvgIpc) is 2.44. The number of alkyl halides is 4. The van der Waals surface area contributed by atoms with Crippen molar-refractivity contribution in [2.45, 2.75) is 18.6 Å². The third-order valence-electron chi connectivity index (χ3n) is 2.86. The topological polar surface area (TPSA) is 12.0 Å². The highest BCUT2D eigenvalue weighted by molar-refractivity contribution is 6.17. The Kier molecular flexibility index (Phi) is 4.55. The Labute approximate surface area is 120 Å². The highest BCUT2D eigenvalue weighted by atomic mass is 35.5. The second-order valence-electron chi connectivity index (χ2n) is 4.35. The molecule has 0 aliphatic heterocycles. The minimum absolute atomic E-state index is 0.0799. The predicted molar refractivity (Wildman–Crippen MR) is 74.8 cm³/mol. The highest BCUT2D eigenvalue weighted by Gasteiger charge is 2.32. The summed E-state index contributed by atoms with van der Waals surface area (Å²) in [6.07, 6.45) is -4.36. The Morgan fingerprint density at radius 3 is 2.35 bits per heavy atom. The molecule has 1 nitrogen and oxygen atoms in total. The van der Waals surface area contributed by atoms with Gasteiger partial charge in [0, 0.05) is 18.1 Å². The predicted octanol–water partition coefficient (Wildman–Crippen LogP) is 5.06. The normalized spacial score (nSPS) is 11.4. The lowest BCUT2D eigenvalue weighted by Crippen LogP contribution is -2.10.